The molecule has 0 saturated heterocycles. The van der Waals surface area contributed by atoms with Crippen LogP contribution in [0.2, 0.25) is 0 Å². The molecule has 5 heterocycles. The van der Waals surface area contributed by atoms with Gasteiger partial charge in [0.25, 0.3) is 40.5 Å². The van der Waals surface area contributed by atoms with Crippen molar-refractivity contribution in [2.45, 2.75) is 19.6 Å². The summed E-state index contributed by atoms with van der Waals surface area (Å²) in [6.45, 7) is 0. The zero-order valence-corrected chi connectivity index (χ0v) is 50.7. The van der Waals surface area contributed by atoms with E-state index in [9.17, 15) is 51.9 Å². The Balaban J connectivity index is 1.49. The van der Waals surface area contributed by atoms with E-state index < -0.39 is 60.1 Å². The SMILES string of the molecule is O=S(=O)(O)c1ccc(C2=C3N=C(C(Br)=C3Br)C(c3ccc(S(=O)(=O)O)cc3)=C3N=C(C(Br)=C3Br)C(c3ccc(S(=O)(=O)O)cc3)=C3N=C(C(Br)=C3Br)C(c3ccc(S(=O)(=O)O)cc3)=C3N=C2C(Br)=C3Br)cc1. The summed E-state index contributed by atoms with van der Waals surface area (Å²) in [5.74, 6) is 0. The van der Waals surface area contributed by atoms with E-state index in [-0.39, 0.29) is 67.9 Å². The standard InChI is InChI=1S/C44H20Br8N4O12S4/c45-29-31(47)39-26(18-3-11-22(12-4-18)70(60,61)62)41-33(49)35(51)43(55-41)28(20-7-15-24(16-8-20)72(66,67)68)44-36(52)34(50)42(56-44)27(19-5-13-23(14-6-19)71(63,64)65)40-32(48)30(46)38(54-40)25(37(29)53-39)17-1-9-21(10-2-17)69(57,58)59/h1-16H,(H,57,58,59)(H,60,61,62)(H,63,64,65)(H,66,67,68). The minimum atomic E-state index is -4.65. The number of hydrogen-bond donors (Lipinski definition) is 4. The molecule has 0 unspecified atom stereocenters. The second kappa shape index (κ2) is 19.5. The van der Waals surface area contributed by atoms with Crippen LogP contribution in [0.3, 0.4) is 0 Å². The van der Waals surface area contributed by atoms with Gasteiger partial charge in [-0.1, -0.05) is 48.5 Å². The molecule has 0 radical (unpaired) electrons. The Bertz CT molecular complexity index is 3570. The lowest BCUT2D eigenvalue weighted by Gasteiger charge is -2.14. The predicted molar refractivity (Wildman–Crippen MR) is 302 cm³/mol. The van der Waals surface area contributed by atoms with Gasteiger partial charge in [0, 0.05) is 22.3 Å². The molecule has 0 amide bonds. The van der Waals surface area contributed by atoms with E-state index in [1.165, 1.54) is 97.1 Å². The van der Waals surface area contributed by atoms with Gasteiger partial charge in [-0.15, -0.1) is 0 Å². The summed E-state index contributed by atoms with van der Waals surface area (Å²) in [5, 5.41) is 0. The summed E-state index contributed by atoms with van der Waals surface area (Å²) in [4.78, 5) is 19.2. The molecular weight excluding hydrogens is 1540 g/mol. The molecule has 5 aliphatic rings. The molecule has 0 spiro atoms. The summed E-state index contributed by atoms with van der Waals surface area (Å²) in [6.07, 6.45) is 0. The minimum Gasteiger partial charge on any atom is -0.282 e. The van der Waals surface area contributed by atoms with Gasteiger partial charge in [-0.3, -0.25) is 18.2 Å². The zero-order chi connectivity index (χ0) is 52.3. The van der Waals surface area contributed by atoms with Gasteiger partial charge in [0.2, 0.25) is 0 Å². The van der Waals surface area contributed by atoms with E-state index in [4.69, 9.17) is 20.0 Å². The predicted octanol–water partition coefficient (Wildman–Crippen LogP) is 12.5. The smallest absolute Gasteiger partial charge is 0.282 e. The Kier molecular flexibility index (Phi) is 14.6. The van der Waals surface area contributed by atoms with Crippen LogP contribution < -0.4 is 0 Å². The number of benzene rings is 4. The Hall–Kier alpha value is -3.04. The average Bonchev–Trinajstić information content (AvgIpc) is 3.97. The Morgan fingerprint density at radius 1 is 0.264 bits per heavy atom. The van der Waals surface area contributed by atoms with Crippen molar-refractivity contribution >= 4 is 213 Å². The third kappa shape index (κ3) is 9.74. The van der Waals surface area contributed by atoms with Crippen LogP contribution in [0.25, 0.3) is 22.3 Å². The van der Waals surface area contributed by atoms with Crippen LogP contribution in [-0.2, 0) is 40.5 Å². The van der Waals surface area contributed by atoms with Crippen molar-refractivity contribution in [1.82, 2.24) is 0 Å². The normalized spacial score (nSPS) is 18.1. The van der Waals surface area contributed by atoms with Gasteiger partial charge in [-0.2, -0.15) is 33.7 Å². The van der Waals surface area contributed by atoms with Crippen molar-refractivity contribution < 1.29 is 51.9 Å². The van der Waals surface area contributed by atoms with Crippen molar-refractivity contribution in [2.24, 2.45) is 20.0 Å². The molecule has 4 aromatic rings. The second-order valence-corrected chi connectivity index (χ2v) is 27.3. The van der Waals surface area contributed by atoms with Crippen LogP contribution >= 0.6 is 127 Å². The molecule has 9 rings (SSSR count). The lowest BCUT2D eigenvalue weighted by atomic mass is 9.98. The molecule has 28 heteroatoms. The van der Waals surface area contributed by atoms with Crippen LogP contribution in [0.5, 0.6) is 0 Å². The minimum absolute atomic E-state index is 0.206. The Morgan fingerprint density at radius 3 is 0.556 bits per heavy atom. The maximum Gasteiger partial charge on any atom is 0.294 e. The largest absolute Gasteiger partial charge is 0.294 e. The number of allylic oxidation sites excluding steroid dienone is 12. The van der Waals surface area contributed by atoms with Gasteiger partial charge in [-0.25, -0.2) is 20.0 Å². The highest BCUT2D eigenvalue weighted by atomic mass is 79.9. The molecular formula is C44H20Br8N4O12S4. The van der Waals surface area contributed by atoms with Gasteiger partial charge >= 0.3 is 0 Å². The average molecular weight is 1560 g/mol. The van der Waals surface area contributed by atoms with Gasteiger partial charge in [-0.05, 0) is 198 Å². The molecule has 4 N–H and O–H groups in total. The zero-order valence-electron chi connectivity index (χ0n) is 34.7. The maximum absolute atomic E-state index is 12.3. The summed E-state index contributed by atoms with van der Waals surface area (Å²) in [5.41, 5.74) is 4.12. The van der Waals surface area contributed by atoms with Crippen LogP contribution in [0.15, 0.2) is 195 Å². The number of aliphatic imine (C=N–C) groups is 4. The third-order valence-electron chi connectivity index (χ3n) is 11.0. The lowest BCUT2D eigenvalue weighted by Crippen LogP contribution is -2.07. The highest BCUT2D eigenvalue weighted by Crippen LogP contribution is 2.52. The number of nitrogens with zero attached hydrogens (tertiary/aromatic N) is 4. The first-order valence-corrected chi connectivity index (χ1v) is 31.6. The van der Waals surface area contributed by atoms with E-state index in [1.807, 2.05) is 0 Å². The molecule has 0 atom stereocenters. The van der Waals surface area contributed by atoms with Crippen molar-refractivity contribution in [2.75, 3.05) is 0 Å². The van der Waals surface area contributed by atoms with Gasteiger partial charge < -0.3 is 0 Å². The molecule has 72 heavy (non-hydrogen) atoms. The van der Waals surface area contributed by atoms with Crippen molar-refractivity contribution in [3.63, 3.8) is 0 Å². The van der Waals surface area contributed by atoms with E-state index in [2.05, 4.69) is 127 Å². The third-order valence-corrected chi connectivity index (χ3v) is 22.8. The Morgan fingerprint density at radius 2 is 0.417 bits per heavy atom. The summed E-state index contributed by atoms with van der Waals surface area (Å²) in [6, 6.07) is 21.0. The molecule has 8 bridgehead atoms. The molecule has 16 nitrogen and oxygen atoms in total. The topological polar surface area (TPSA) is 267 Å². The maximum atomic E-state index is 12.3. The quantitative estimate of drug-likeness (QED) is 0.120. The number of rotatable bonds is 8. The van der Waals surface area contributed by atoms with Crippen LogP contribution in [0.4, 0.5) is 0 Å². The fraction of sp³-hybridized carbons (Fsp3) is 0. The van der Waals surface area contributed by atoms with Crippen molar-refractivity contribution in [3.05, 3.63) is 178 Å². The second-order valence-electron chi connectivity index (χ2n) is 15.2. The lowest BCUT2D eigenvalue weighted by molar-refractivity contribution is 0.481. The monoisotopic (exact) mass is 1560 g/mol. The molecule has 0 aliphatic carbocycles. The molecule has 368 valence electrons. The number of fused-ring (bicyclic) bond motifs is 4. The van der Waals surface area contributed by atoms with Crippen molar-refractivity contribution in [3.8, 4) is 0 Å². The van der Waals surface area contributed by atoms with E-state index in [1.54, 1.807) is 0 Å². The first-order chi connectivity index (χ1) is 33.6. The van der Waals surface area contributed by atoms with E-state index in [0.29, 0.717) is 58.1 Å². The molecule has 0 fully saturated rings. The first kappa shape index (κ1) is 53.8. The highest BCUT2D eigenvalue weighted by molar-refractivity contribution is 9.15. The highest BCUT2D eigenvalue weighted by Gasteiger charge is 2.39. The fourth-order valence-corrected chi connectivity index (χ4v) is 13.4. The fourth-order valence-electron chi connectivity index (χ4n) is 7.71. The van der Waals surface area contributed by atoms with Gasteiger partial charge in [0.05, 0.1) is 101 Å². The summed E-state index contributed by atoms with van der Waals surface area (Å²) >= 11 is 29.9. The van der Waals surface area contributed by atoms with Crippen molar-refractivity contribution in [1.29, 1.82) is 0 Å². The van der Waals surface area contributed by atoms with Gasteiger partial charge in [0.15, 0.2) is 0 Å². The van der Waals surface area contributed by atoms with E-state index in [0.717, 1.165) is 0 Å². The molecule has 0 aromatic heterocycles. The molecule has 4 aromatic carbocycles. The molecule has 0 saturated carbocycles. The van der Waals surface area contributed by atoms with Crippen LogP contribution in [0.1, 0.15) is 22.3 Å². The Labute approximate surface area is 476 Å². The number of hydrogen-bond acceptors (Lipinski definition) is 12. The first-order valence-electron chi connectivity index (χ1n) is 19.5. The van der Waals surface area contributed by atoms with Crippen LogP contribution in [-0.4, -0.2) is 74.7 Å². The summed E-state index contributed by atoms with van der Waals surface area (Å²) < 4.78 is 141. The van der Waals surface area contributed by atoms with E-state index >= 15 is 0 Å². The summed E-state index contributed by atoms with van der Waals surface area (Å²) in [7, 11) is -18.6. The molecule has 5 aliphatic heterocycles. The number of halogens is 8. The van der Waals surface area contributed by atoms with Gasteiger partial charge in [0.1, 0.15) is 0 Å². The van der Waals surface area contributed by atoms with Crippen LogP contribution in [0, 0.1) is 0 Å².